The third kappa shape index (κ3) is 3.58. The van der Waals surface area contributed by atoms with Crippen molar-refractivity contribution in [1.29, 1.82) is 0 Å². The summed E-state index contributed by atoms with van der Waals surface area (Å²) in [5, 5.41) is 9.11. The van der Waals surface area contributed by atoms with Crippen molar-refractivity contribution in [3.63, 3.8) is 0 Å². The van der Waals surface area contributed by atoms with E-state index in [-0.39, 0.29) is 17.9 Å². The van der Waals surface area contributed by atoms with Crippen LogP contribution >= 0.6 is 11.3 Å². The summed E-state index contributed by atoms with van der Waals surface area (Å²) in [7, 11) is 0. The number of hydrogen-bond acceptors (Lipinski definition) is 5. The number of hydrogen-bond donors (Lipinski definition) is 1. The van der Waals surface area contributed by atoms with Crippen LogP contribution in [-0.4, -0.2) is 44.6 Å². The Morgan fingerprint density at radius 3 is 2.96 bits per heavy atom. The van der Waals surface area contributed by atoms with Crippen molar-refractivity contribution in [3.05, 3.63) is 29.0 Å². The Labute approximate surface area is 138 Å². The number of nitrogens with one attached hydrogen (secondary N) is 1. The fraction of sp³-hybridized carbons (Fsp3) is 0.467. The molecular formula is C15H19N5O2S. The Kier molecular flexibility index (Phi) is 4.42. The molecule has 1 aliphatic rings. The molecule has 2 aromatic heterocycles. The molecule has 1 N–H and O–H groups in total. The molecule has 3 heterocycles. The Hall–Kier alpha value is -2.22. The number of rotatable bonds is 3. The molecule has 8 heteroatoms. The van der Waals surface area contributed by atoms with E-state index in [1.54, 1.807) is 5.38 Å². The minimum atomic E-state index is -0.189. The lowest BCUT2D eigenvalue weighted by atomic mass is 10.1. The van der Waals surface area contributed by atoms with Crippen molar-refractivity contribution in [1.82, 2.24) is 19.7 Å². The fourth-order valence-electron chi connectivity index (χ4n) is 2.73. The number of carbonyl (C=O) groups is 2. The van der Waals surface area contributed by atoms with Gasteiger partial charge in [-0.3, -0.25) is 14.3 Å². The number of anilines is 1. The van der Waals surface area contributed by atoms with Gasteiger partial charge in [-0.2, -0.15) is 5.10 Å². The number of likely N-dealkylation sites (tertiary alicyclic amines) is 1. The summed E-state index contributed by atoms with van der Waals surface area (Å²) in [5.41, 5.74) is 1.50. The number of aryl methyl sites for hydroxylation is 1. The van der Waals surface area contributed by atoms with Gasteiger partial charge in [0.15, 0.2) is 5.13 Å². The zero-order valence-corrected chi connectivity index (χ0v) is 14.0. The van der Waals surface area contributed by atoms with Gasteiger partial charge in [-0.05, 0) is 25.3 Å². The van der Waals surface area contributed by atoms with Gasteiger partial charge in [0.2, 0.25) is 5.91 Å². The third-order valence-corrected chi connectivity index (χ3v) is 4.55. The maximum Gasteiger partial charge on any atom is 0.273 e. The van der Waals surface area contributed by atoms with Gasteiger partial charge in [0.25, 0.3) is 5.91 Å². The number of carbonyl (C=O) groups excluding carboxylic acids is 2. The van der Waals surface area contributed by atoms with Crippen LogP contribution < -0.4 is 5.32 Å². The molecule has 1 atom stereocenters. The summed E-state index contributed by atoms with van der Waals surface area (Å²) in [6.45, 7) is 4.79. The molecule has 0 saturated carbocycles. The highest BCUT2D eigenvalue weighted by Gasteiger charge is 2.27. The lowest BCUT2D eigenvalue weighted by Gasteiger charge is -2.32. The summed E-state index contributed by atoms with van der Waals surface area (Å²) in [5.74, 6) is -0.281. The maximum atomic E-state index is 12.6. The molecule has 0 aliphatic carbocycles. The van der Waals surface area contributed by atoms with Gasteiger partial charge in [-0.15, -0.1) is 11.3 Å². The standard InChI is InChI=1S/C15H19N5O2S/c1-10-6-16-20(7-10)12-4-3-5-19(8-12)14(22)13-9-23-15(18-13)17-11(2)21/h6-7,9,12H,3-5,8H2,1-2H3,(H,17,18,21)/t12-/m1/s1. The second-order valence-corrected chi connectivity index (χ2v) is 6.62. The van der Waals surface area contributed by atoms with Crippen LogP contribution in [0, 0.1) is 6.92 Å². The molecule has 0 radical (unpaired) electrons. The minimum Gasteiger partial charge on any atom is -0.335 e. The van der Waals surface area contributed by atoms with E-state index >= 15 is 0 Å². The molecule has 1 aliphatic heterocycles. The summed E-state index contributed by atoms with van der Waals surface area (Å²) in [6.07, 6.45) is 5.80. The molecule has 23 heavy (non-hydrogen) atoms. The summed E-state index contributed by atoms with van der Waals surface area (Å²) < 4.78 is 1.94. The highest BCUT2D eigenvalue weighted by molar-refractivity contribution is 7.14. The van der Waals surface area contributed by atoms with Gasteiger partial charge in [0, 0.05) is 31.6 Å². The van der Waals surface area contributed by atoms with E-state index < -0.39 is 0 Å². The van der Waals surface area contributed by atoms with Crippen LogP contribution in [0.5, 0.6) is 0 Å². The lowest BCUT2D eigenvalue weighted by Crippen LogP contribution is -2.41. The predicted molar refractivity (Wildman–Crippen MR) is 87.6 cm³/mol. The Morgan fingerprint density at radius 2 is 2.26 bits per heavy atom. The molecule has 1 saturated heterocycles. The Morgan fingerprint density at radius 1 is 1.43 bits per heavy atom. The maximum absolute atomic E-state index is 12.6. The fourth-order valence-corrected chi connectivity index (χ4v) is 3.46. The van der Waals surface area contributed by atoms with Crippen LogP contribution in [0.4, 0.5) is 5.13 Å². The quantitative estimate of drug-likeness (QED) is 0.932. The highest BCUT2D eigenvalue weighted by atomic mass is 32.1. The first-order chi connectivity index (χ1) is 11.0. The highest BCUT2D eigenvalue weighted by Crippen LogP contribution is 2.24. The van der Waals surface area contributed by atoms with Crippen molar-refractivity contribution < 1.29 is 9.59 Å². The van der Waals surface area contributed by atoms with E-state index in [4.69, 9.17) is 0 Å². The third-order valence-electron chi connectivity index (χ3n) is 3.79. The number of amides is 2. The number of thiazole rings is 1. The number of nitrogens with zero attached hydrogens (tertiary/aromatic N) is 4. The van der Waals surface area contributed by atoms with Gasteiger partial charge in [0.05, 0.1) is 12.2 Å². The largest absolute Gasteiger partial charge is 0.335 e. The van der Waals surface area contributed by atoms with Crippen molar-refractivity contribution >= 4 is 28.3 Å². The molecular weight excluding hydrogens is 314 g/mol. The van der Waals surface area contributed by atoms with E-state index in [2.05, 4.69) is 15.4 Å². The molecule has 1 fully saturated rings. The first kappa shape index (κ1) is 15.7. The van der Waals surface area contributed by atoms with Crippen LogP contribution in [0.2, 0.25) is 0 Å². The zero-order valence-electron chi connectivity index (χ0n) is 13.2. The van der Waals surface area contributed by atoms with E-state index in [1.165, 1.54) is 18.3 Å². The van der Waals surface area contributed by atoms with Crippen LogP contribution in [0.1, 0.15) is 41.9 Å². The molecule has 2 amide bonds. The van der Waals surface area contributed by atoms with E-state index in [0.29, 0.717) is 17.4 Å². The first-order valence-corrected chi connectivity index (χ1v) is 8.44. The van der Waals surface area contributed by atoms with Gasteiger partial charge >= 0.3 is 0 Å². The summed E-state index contributed by atoms with van der Waals surface area (Å²) in [6, 6.07) is 0.204. The first-order valence-electron chi connectivity index (χ1n) is 7.56. The minimum absolute atomic E-state index is 0.0913. The van der Waals surface area contributed by atoms with Crippen molar-refractivity contribution in [3.8, 4) is 0 Å². The van der Waals surface area contributed by atoms with Crippen LogP contribution in [0.3, 0.4) is 0 Å². The van der Waals surface area contributed by atoms with E-state index in [9.17, 15) is 9.59 Å². The van der Waals surface area contributed by atoms with Gasteiger partial charge < -0.3 is 10.2 Å². The van der Waals surface area contributed by atoms with Gasteiger partial charge in [-0.1, -0.05) is 0 Å². The van der Waals surface area contributed by atoms with Crippen LogP contribution in [-0.2, 0) is 4.79 Å². The number of piperidine rings is 1. The summed E-state index contributed by atoms with van der Waals surface area (Å²) >= 11 is 1.26. The SMILES string of the molecule is CC(=O)Nc1nc(C(=O)N2CCC[C@@H](n3cc(C)cn3)C2)cs1. The molecule has 7 nitrogen and oxygen atoms in total. The Balaban J connectivity index is 1.69. The summed E-state index contributed by atoms with van der Waals surface area (Å²) in [4.78, 5) is 29.7. The van der Waals surface area contributed by atoms with E-state index in [0.717, 1.165) is 24.9 Å². The smallest absolute Gasteiger partial charge is 0.273 e. The Bertz CT molecular complexity index is 723. The predicted octanol–water partition coefficient (Wildman–Crippen LogP) is 2.08. The monoisotopic (exact) mass is 333 g/mol. The second kappa shape index (κ2) is 6.49. The lowest BCUT2D eigenvalue weighted by molar-refractivity contribution is -0.114. The molecule has 0 aromatic carbocycles. The zero-order chi connectivity index (χ0) is 16.4. The molecule has 2 aromatic rings. The number of aromatic nitrogens is 3. The molecule has 3 rings (SSSR count). The van der Waals surface area contributed by atoms with Crippen molar-refractivity contribution in [2.24, 2.45) is 0 Å². The molecule has 0 spiro atoms. The average molecular weight is 333 g/mol. The van der Waals surface area contributed by atoms with Gasteiger partial charge in [-0.25, -0.2) is 4.98 Å². The molecule has 122 valence electrons. The topological polar surface area (TPSA) is 80.1 Å². The van der Waals surface area contributed by atoms with Crippen molar-refractivity contribution in [2.45, 2.75) is 32.7 Å². The molecule has 0 unspecified atom stereocenters. The van der Waals surface area contributed by atoms with Gasteiger partial charge in [0.1, 0.15) is 5.69 Å². The van der Waals surface area contributed by atoms with E-state index in [1.807, 2.05) is 28.9 Å². The van der Waals surface area contributed by atoms with Crippen LogP contribution in [0.25, 0.3) is 0 Å². The molecule has 0 bridgehead atoms. The average Bonchev–Trinajstić information content (AvgIpc) is 3.15. The van der Waals surface area contributed by atoms with Crippen molar-refractivity contribution in [2.75, 3.05) is 18.4 Å². The van der Waals surface area contributed by atoms with Crippen LogP contribution in [0.15, 0.2) is 17.8 Å². The normalized spacial score (nSPS) is 18.0. The second-order valence-electron chi connectivity index (χ2n) is 5.76.